The summed E-state index contributed by atoms with van der Waals surface area (Å²) in [4.78, 5) is 22.0. The number of nitro groups is 1. The molecule has 0 aliphatic heterocycles. The Kier molecular flexibility index (Phi) is 4.95. The van der Waals surface area contributed by atoms with Gasteiger partial charge >= 0.3 is 5.97 Å². The minimum Gasteiger partial charge on any atom is -0.481 e. The highest BCUT2D eigenvalue weighted by molar-refractivity contribution is 5.70. The molecule has 0 aliphatic carbocycles. The molecule has 0 saturated carbocycles. The first-order chi connectivity index (χ1) is 9.23. The molecule has 0 spiro atoms. The average Bonchev–Trinajstić information content (AvgIpc) is 2.37. The Morgan fingerprint density at radius 2 is 2.10 bits per heavy atom. The van der Waals surface area contributed by atoms with Crippen LogP contribution in [0.5, 0.6) is 0 Å². The summed E-state index contributed by atoms with van der Waals surface area (Å²) in [6.45, 7) is 1.47. The Morgan fingerprint density at radius 1 is 1.50 bits per heavy atom. The van der Waals surface area contributed by atoms with Gasteiger partial charge in [-0.05, 0) is 6.07 Å². The van der Waals surface area contributed by atoms with Gasteiger partial charge < -0.3 is 10.0 Å². The molecule has 0 fully saturated rings. The van der Waals surface area contributed by atoms with Gasteiger partial charge in [-0.15, -0.1) is 0 Å². The third kappa shape index (κ3) is 3.62. The van der Waals surface area contributed by atoms with Gasteiger partial charge in [-0.3, -0.25) is 14.9 Å². The Balaban J connectivity index is 3.10. The van der Waals surface area contributed by atoms with Crippen LogP contribution in [0.4, 0.5) is 20.2 Å². The second-order valence-corrected chi connectivity index (χ2v) is 4.42. The number of rotatable bonds is 6. The first kappa shape index (κ1) is 15.8. The highest BCUT2D eigenvalue weighted by atomic mass is 19.3. The number of hydrogen-bond acceptors (Lipinski definition) is 4. The molecule has 1 atom stereocenters. The quantitative estimate of drug-likeness (QED) is 0.642. The number of carboxylic acids is 1. The maximum Gasteiger partial charge on any atom is 0.308 e. The summed E-state index contributed by atoms with van der Waals surface area (Å²) < 4.78 is 25.9. The molecule has 1 aromatic rings. The van der Waals surface area contributed by atoms with Gasteiger partial charge in [0.1, 0.15) is 0 Å². The van der Waals surface area contributed by atoms with Gasteiger partial charge in [-0.2, -0.15) is 0 Å². The van der Waals surface area contributed by atoms with E-state index in [9.17, 15) is 23.7 Å². The fraction of sp³-hybridized carbons (Fsp3) is 0.417. The fourth-order valence-electron chi connectivity index (χ4n) is 1.77. The zero-order chi connectivity index (χ0) is 15.4. The maximum absolute atomic E-state index is 13.0. The summed E-state index contributed by atoms with van der Waals surface area (Å²) in [6.07, 6.45) is -2.88. The van der Waals surface area contributed by atoms with Gasteiger partial charge in [-0.1, -0.05) is 6.92 Å². The minimum atomic E-state index is -2.88. The number of halogens is 2. The van der Waals surface area contributed by atoms with Crippen molar-refractivity contribution in [2.75, 3.05) is 18.5 Å². The SMILES string of the molecule is CC(CN(C)c1ccc([N+](=O)[O-])cc1C(F)F)C(=O)O. The van der Waals surface area contributed by atoms with E-state index >= 15 is 0 Å². The first-order valence-corrected chi connectivity index (χ1v) is 5.74. The van der Waals surface area contributed by atoms with Gasteiger partial charge in [0, 0.05) is 37.0 Å². The number of anilines is 1. The molecule has 20 heavy (non-hydrogen) atoms. The van der Waals surface area contributed by atoms with Gasteiger partial charge in [0.2, 0.25) is 0 Å². The van der Waals surface area contributed by atoms with Crippen LogP contribution in [-0.2, 0) is 4.79 Å². The lowest BCUT2D eigenvalue weighted by molar-refractivity contribution is -0.385. The van der Waals surface area contributed by atoms with E-state index in [0.29, 0.717) is 0 Å². The number of aliphatic carboxylic acids is 1. The summed E-state index contributed by atoms with van der Waals surface area (Å²) in [7, 11) is 1.46. The molecule has 0 amide bonds. The molecule has 8 heteroatoms. The van der Waals surface area contributed by atoms with E-state index in [4.69, 9.17) is 5.11 Å². The number of nitrogens with zero attached hydrogens (tertiary/aromatic N) is 2. The fourth-order valence-corrected chi connectivity index (χ4v) is 1.77. The molecule has 6 nitrogen and oxygen atoms in total. The van der Waals surface area contributed by atoms with Crippen molar-refractivity contribution in [2.24, 2.45) is 5.92 Å². The van der Waals surface area contributed by atoms with E-state index in [0.717, 1.165) is 12.1 Å². The van der Waals surface area contributed by atoms with Crippen molar-refractivity contribution in [2.45, 2.75) is 13.3 Å². The van der Waals surface area contributed by atoms with Gasteiger partial charge in [0.25, 0.3) is 12.1 Å². The summed E-state index contributed by atoms with van der Waals surface area (Å²) in [5.41, 5.74) is -0.832. The van der Waals surface area contributed by atoms with Crippen LogP contribution in [0.1, 0.15) is 18.9 Å². The topological polar surface area (TPSA) is 83.7 Å². The monoisotopic (exact) mass is 288 g/mol. The van der Waals surface area contributed by atoms with Crippen molar-refractivity contribution in [3.8, 4) is 0 Å². The smallest absolute Gasteiger partial charge is 0.308 e. The maximum atomic E-state index is 13.0. The molecule has 1 rings (SSSR count). The van der Waals surface area contributed by atoms with Crippen LogP contribution in [-0.4, -0.2) is 29.6 Å². The molecule has 0 bridgehead atoms. The van der Waals surface area contributed by atoms with Crippen molar-refractivity contribution in [3.63, 3.8) is 0 Å². The lowest BCUT2D eigenvalue weighted by Crippen LogP contribution is -2.29. The van der Waals surface area contributed by atoms with Gasteiger partial charge in [0.15, 0.2) is 0 Å². The Bertz CT molecular complexity index is 522. The molecular formula is C12H14F2N2O4. The van der Waals surface area contributed by atoms with E-state index < -0.39 is 34.5 Å². The van der Waals surface area contributed by atoms with E-state index in [1.807, 2.05) is 0 Å². The van der Waals surface area contributed by atoms with Gasteiger partial charge in [0.05, 0.1) is 10.8 Å². The number of alkyl halides is 2. The highest BCUT2D eigenvalue weighted by Gasteiger charge is 2.22. The van der Waals surface area contributed by atoms with Crippen LogP contribution in [0.25, 0.3) is 0 Å². The third-order valence-corrected chi connectivity index (χ3v) is 2.84. The predicted octanol–water partition coefficient (Wildman–Crippen LogP) is 2.69. The molecule has 1 N–H and O–H groups in total. The van der Waals surface area contributed by atoms with Crippen LogP contribution >= 0.6 is 0 Å². The Labute approximate surface area is 113 Å². The van der Waals surface area contributed by atoms with Crippen molar-refractivity contribution in [3.05, 3.63) is 33.9 Å². The summed E-state index contributed by atoms with van der Waals surface area (Å²) in [5, 5.41) is 19.4. The number of carboxylic acid groups (broad SMARTS) is 1. The first-order valence-electron chi connectivity index (χ1n) is 5.74. The molecule has 0 radical (unpaired) electrons. The van der Waals surface area contributed by atoms with Crippen molar-refractivity contribution >= 4 is 17.3 Å². The summed E-state index contributed by atoms with van der Waals surface area (Å²) >= 11 is 0. The normalized spacial score (nSPS) is 12.2. The van der Waals surface area contributed by atoms with E-state index in [1.165, 1.54) is 24.9 Å². The number of benzene rings is 1. The Hall–Kier alpha value is -2.25. The van der Waals surface area contributed by atoms with Crippen LogP contribution in [0.2, 0.25) is 0 Å². The number of hydrogen-bond donors (Lipinski definition) is 1. The lowest BCUT2D eigenvalue weighted by atomic mass is 10.1. The van der Waals surface area contributed by atoms with Crippen molar-refractivity contribution < 1.29 is 23.6 Å². The lowest BCUT2D eigenvalue weighted by Gasteiger charge is -2.23. The van der Waals surface area contributed by atoms with Crippen molar-refractivity contribution in [1.82, 2.24) is 0 Å². The zero-order valence-electron chi connectivity index (χ0n) is 10.9. The number of nitro benzene ring substituents is 1. The van der Waals surface area contributed by atoms with Crippen LogP contribution in [0.3, 0.4) is 0 Å². The molecule has 1 unspecified atom stereocenters. The van der Waals surface area contributed by atoms with Crippen LogP contribution < -0.4 is 4.90 Å². The second kappa shape index (κ2) is 6.27. The second-order valence-electron chi connectivity index (χ2n) is 4.42. The highest BCUT2D eigenvalue weighted by Crippen LogP contribution is 2.32. The summed E-state index contributed by atoms with van der Waals surface area (Å²) in [6, 6.07) is 3.12. The van der Waals surface area contributed by atoms with E-state index in [1.54, 1.807) is 0 Å². The molecule has 0 saturated heterocycles. The summed E-state index contributed by atoms with van der Waals surface area (Å²) in [5.74, 6) is -1.79. The standard InChI is InChI=1S/C12H14F2N2O4/c1-7(12(17)18)6-15(2)10-4-3-8(16(19)20)5-9(10)11(13)14/h3-5,7,11H,6H2,1-2H3,(H,17,18). The predicted molar refractivity (Wildman–Crippen MR) is 68.1 cm³/mol. The van der Waals surface area contributed by atoms with Gasteiger partial charge in [-0.25, -0.2) is 8.78 Å². The number of non-ortho nitro benzene ring substituents is 1. The molecule has 0 aliphatic rings. The van der Waals surface area contributed by atoms with Crippen molar-refractivity contribution in [1.29, 1.82) is 0 Å². The Morgan fingerprint density at radius 3 is 2.55 bits per heavy atom. The molecule has 110 valence electrons. The minimum absolute atomic E-state index is 0.0207. The molecular weight excluding hydrogens is 274 g/mol. The van der Waals surface area contributed by atoms with E-state index in [2.05, 4.69) is 0 Å². The van der Waals surface area contributed by atoms with E-state index in [-0.39, 0.29) is 12.2 Å². The zero-order valence-corrected chi connectivity index (χ0v) is 10.9. The third-order valence-electron chi connectivity index (χ3n) is 2.84. The molecule has 0 heterocycles. The number of carbonyl (C=O) groups is 1. The average molecular weight is 288 g/mol. The largest absolute Gasteiger partial charge is 0.481 e. The van der Waals surface area contributed by atoms with Crippen LogP contribution in [0.15, 0.2) is 18.2 Å². The van der Waals surface area contributed by atoms with Crippen LogP contribution in [0, 0.1) is 16.0 Å². The molecule has 1 aromatic carbocycles. The molecule has 0 aromatic heterocycles.